The van der Waals surface area contributed by atoms with Crippen LogP contribution in [0.5, 0.6) is 5.75 Å². The first-order chi connectivity index (χ1) is 15.2. The number of anilines is 2. The first-order valence-corrected chi connectivity index (χ1v) is 12.2. The number of ether oxygens (including phenoxy) is 2. The van der Waals surface area contributed by atoms with E-state index in [1.165, 1.54) is 40.5 Å². The zero-order valence-electron chi connectivity index (χ0n) is 17.5. The molecule has 3 aromatic rings. The van der Waals surface area contributed by atoms with Gasteiger partial charge >= 0.3 is 5.97 Å². The normalized spacial score (nSPS) is 10.9. The molecule has 0 radical (unpaired) electrons. The third kappa shape index (κ3) is 6.56. The first-order valence-electron chi connectivity index (χ1n) is 9.47. The standard InChI is InChI=1S/C22H22N2O6S2/c1-29-19-10-8-18(9-11-19)24(14-20-7-4-12-31-20)21(25)15-30-22(26)16-5-3-6-17(13-16)23-32(2,27)28/h3-13,23H,14-15H2,1-2H3. The summed E-state index contributed by atoms with van der Waals surface area (Å²) in [6, 6.07) is 16.7. The van der Waals surface area contributed by atoms with E-state index < -0.39 is 28.5 Å². The van der Waals surface area contributed by atoms with E-state index in [0.29, 0.717) is 18.0 Å². The van der Waals surface area contributed by atoms with Crippen LogP contribution in [-0.4, -0.2) is 40.3 Å². The van der Waals surface area contributed by atoms with Gasteiger partial charge in [0.15, 0.2) is 6.61 Å². The summed E-state index contributed by atoms with van der Waals surface area (Å²) < 4.78 is 35.5. The van der Waals surface area contributed by atoms with E-state index in [0.717, 1.165) is 11.1 Å². The number of thiophene rings is 1. The van der Waals surface area contributed by atoms with Gasteiger partial charge in [-0.05, 0) is 53.9 Å². The van der Waals surface area contributed by atoms with Crippen molar-refractivity contribution in [1.82, 2.24) is 0 Å². The van der Waals surface area contributed by atoms with Gasteiger partial charge in [-0.1, -0.05) is 12.1 Å². The topological polar surface area (TPSA) is 102 Å². The molecule has 0 saturated heterocycles. The van der Waals surface area contributed by atoms with Gasteiger partial charge < -0.3 is 14.4 Å². The summed E-state index contributed by atoms with van der Waals surface area (Å²) >= 11 is 1.52. The number of sulfonamides is 1. The van der Waals surface area contributed by atoms with Crippen molar-refractivity contribution in [3.05, 3.63) is 76.5 Å². The molecule has 1 N–H and O–H groups in total. The fraction of sp³-hybridized carbons (Fsp3) is 0.182. The summed E-state index contributed by atoms with van der Waals surface area (Å²) in [6.45, 7) is -0.145. The van der Waals surface area contributed by atoms with E-state index in [4.69, 9.17) is 9.47 Å². The van der Waals surface area contributed by atoms with Gasteiger partial charge in [0.2, 0.25) is 10.0 Å². The molecule has 0 aliphatic rings. The average molecular weight is 475 g/mol. The minimum Gasteiger partial charge on any atom is -0.497 e. The molecule has 1 aromatic heterocycles. The molecule has 0 spiro atoms. The molecule has 168 valence electrons. The lowest BCUT2D eigenvalue weighted by Crippen LogP contribution is -2.34. The van der Waals surface area contributed by atoms with Gasteiger partial charge in [-0.25, -0.2) is 13.2 Å². The van der Waals surface area contributed by atoms with E-state index in [2.05, 4.69) is 4.72 Å². The van der Waals surface area contributed by atoms with Crippen molar-refractivity contribution >= 4 is 44.6 Å². The maximum Gasteiger partial charge on any atom is 0.338 e. The van der Waals surface area contributed by atoms with Crippen LogP contribution < -0.4 is 14.4 Å². The number of nitrogens with zero attached hydrogens (tertiary/aromatic N) is 1. The second kappa shape index (κ2) is 10.3. The first kappa shape index (κ1) is 23.3. The number of carbonyl (C=O) groups excluding carboxylic acids is 2. The van der Waals surface area contributed by atoms with Gasteiger partial charge in [0.1, 0.15) is 5.75 Å². The van der Waals surface area contributed by atoms with Crippen LogP contribution >= 0.6 is 11.3 Å². The number of rotatable bonds is 9. The molecule has 3 rings (SSSR count). The lowest BCUT2D eigenvalue weighted by Gasteiger charge is -2.22. The smallest absolute Gasteiger partial charge is 0.338 e. The van der Waals surface area contributed by atoms with Crippen LogP contribution in [0.4, 0.5) is 11.4 Å². The lowest BCUT2D eigenvalue weighted by molar-refractivity contribution is -0.121. The maximum absolute atomic E-state index is 12.9. The second-order valence-electron chi connectivity index (χ2n) is 6.79. The summed E-state index contributed by atoms with van der Waals surface area (Å²) in [6.07, 6.45) is 1.01. The van der Waals surface area contributed by atoms with Gasteiger partial charge in [-0.2, -0.15) is 0 Å². The van der Waals surface area contributed by atoms with Crippen molar-refractivity contribution < 1.29 is 27.5 Å². The largest absolute Gasteiger partial charge is 0.497 e. The number of hydrogen-bond acceptors (Lipinski definition) is 7. The molecule has 0 bridgehead atoms. The lowest BCUT2D eigenvalue weighted by atomic mass is 10.2. The molecule has 8 nitrogen and oxygen atoms in total. The van der Waals surface area contributed by atoms with Crippen molar-refractivity contribution in [3.8, 4) is 5.75 Å². The summed E-state index contributed by atoms with van der Waals surface area (Å²) in [5.74, 6) is -0.477. The number of carbonyl (C=O) groups is 2. The third-order valence-electron chi connectivity index (χ3n) is 4.31. The average Bonchev–Trinajstić information content (AvgIpc) is 3.28. The number of amides is 1. The highest BCUT2D eigenvalue weighted by Crippen LogP contribution is 2.23. The highest BCUT2D eigenvalue weighted by Gasteiger charge is 2.20. The Balaban J connectivity index is 1.71. The van der Waals surface area contributed by atoms with Crippen LogP contribution in [0.25, 0.3) is 0 Å². The molecule has 10 heteroatoms. The Labute approximate surface area is 190 Å². The van der Waals surface area contributed by atoms with Crippen molar-refractivity contribution in [2.75, 3.05) is 29.6 Å². The highest BCUT2D eigenvalue weighted by molar-refractivity contribution is 7.92. The number of benzene rings is 2. The summed E-state index contributed by atoms with van der Waals surface area (Å²) in [4.78, 5) is 27.9. The third-order valence-corrected chi connectivity index (χ3v) is 5.78. The molecular formula is C22H22N2O6S2. The quantitative estimate of drug-likeness (QED) is 0.476. The van der Waals surface area contributed by atoms with Crippen molar-refractivity contribution in [2.24, 2.45) is 0 Å². The molecular weight excluding hydrogens is 452 g/mol. The fourth-order valence-electron chi connectivity index (χ4n) is 2.86. The number of nitrogens with one attached hydrogen (secondary N) is 1. The van der Waals surface area contributed by atoms with E-state index in [1.807, 2.05) is 17.5 Å². The van der Waals surface area contributed by atoms with Gasteiger partial charge in [-0.15, -0.1) is 11.3 Å². The van der Waals surface area contributed by atoms with Crippen LogP contribution in [0.15, 0.2) is 66.0 Å². The van der Waals surface area contributed by atoms with Crippen LogP contribution in [-0.2, 0) is 26.1 Å². The number of esters is 1. The summed E-state index contributed by atoms with van der Waals surface area (Å²) in [7, 11) is -1.93. The number of methoxy groups -OCH3 is 1. The zero-order valence-corrected chi connectivity index (χ0v) is 19.1. The van der Waals surface area contributed by atoms with Gasteiger partial charge in [0, 0.05) is 16.3 Å². The SMILES string of the molecule is COc1ccc(N(Cc2cccs2)C(=O)COC(=O)c2cccc(NS(C)(=O)=O)c2)cc1. The highest BCUT2D eigenvalue weighted by atomic mass is 32.2. The molecule has 32 heavy (non-hydrogen) atoms. The second-order valence-corrected chi connectivity index (χ2v) is 9.57. The zero-order chi connectivity index (χ0) is 23.1. The minimum atomic E-state index is -3.49. The monoisotopic (exact) mass is 474 g/mol. The van der Waals surface area contributed by atoms with E-state index >= 15 is 0 Å². The van der Waals surface area contributed by atoms with Crippen molar-refractivity contribution in [2.45, 2.75) is 6.54 Å². The Morgan fingerprint density at radius 2 is 1.81 bits per heavy atom. The Kier molecular flexibility index (Phi) is 7.49. The van der Waals surface area contributed by atoms with Crippen LogP contribution in [0.1, 0.15) is 15.2 Å². The Bertz CT molecular complexity index is 1180. The molecule has 0 fully saturated rings. The molecule has 0 aliphatic carbocycles. The minimum absolute atomic E-state index is 0.126. The van der Waals surface area contributed by atoms with Gasteiger partial charge in [0.05, 0.1) is 25.5 Å². The molecule has 0 saturated carbocycles. The van der Waals surface area contributed by atoms with Gasteiger partial charge in [-0.3, -0.25) is 9.52 Å². The maximum atomic E-state index is 12.9. The van der Waals surface area contributed by atoms with Crippen LogP contribution in [0.3, 0.4) is 0 Å². The number of hydrogen-bond donors (Lipinski definition) is 1. The predicted molar refractivity (Wildman–Crippen MR) is 124 cm³/mol. The van der Waals surface area contributed by atoms with E-state index in [1.54, 1.807) is 31.4 Å². The van der Waals surface area contributed by atoms with E-state index in [-0.39, 0.29) is 11.3 Å². The van der Waals surface area contributed by atoms with E-state index in [9.17, 15) is 18.0 Å². The predicted octanol–water partition coefficient (Wildman–Crippen LogP) is 3.52. The molecule has 1 amide bonds. The van der Waals surface area contributed by atoms with Gasteiger partial charge in [0.25, 0.3) is 5.91 Å². The summed E-state index contributed by atoms with van der Waals surface area (Å²) in [5, 5.41) is 1.92. The van der Waals surface area contributed by atoms with Crippen LogP contribution in [0, 0.1) is 0 Å². The fourth-order valence-corrected chi connectivity index (χ4v) is 4.10. The summed E-state index contributed by atoms with van der Waals surface area (Å²) in [5.41, 5.74) is 0.992. The Hall–Kier alpha value is -3.37. The molecule has 0 unspecified atom stereocenters. The van der Waals surface area contributed by atoms with Crippen molar-refractivity contribution in [3.63, 3.8) is 0 Å². The Morgan fingerprint density at radius 3 is 2.44 bits per heavy atom. The molecule has 0 atom stereocenters. The van der Waals surface area contributed by atoms with Crippen LogP contribution in [0.2, 0.25) is 0 Å². The van der Waals surface area contributed by atoms with Crippen molar-refractivity contribution in [1.29, 1.82) is 0 Å². The molecule has 2 aromatic carbocycles. The molecule has 0 aliphatic heterocycles. The Morgan fingerprint density at radius 1 is 1.06 bits per heavy atom. The molecule has 1 heterocycles.